The van der Waals surface area contributed by atoms with E-state index in [1.165, 1.54) is 0 Å². The fourth-order valence-electron chi connectivity index (χ4n) is 4.96. The van der Waals surface area contributed by atoms with Gasteiger partial charge < -0.3 is 15.1 Å². The smallest absolute Gasteiger partial charge is 0.227 e. The zero-order valence-corrected chi connectivity index (χ0v) is 19.7. The minimum absolute atomic E-state index is 0.307. The van der Waals surface area contributed by atoms with E-state index in [-0.39, 0.29) is 0 Å². The van der Waals surface area contributed by atoms with Crippen LogP contribution in [0.15, 0.2) is 24.4 Å². The van der Waals surface area contributed by atoms with Crippen molar-refractivity contribution in [2.24, 2.45) is 5.92 Å². The Balaban J connectivity index is 1.32. The van der Waals surface area contributed by atoms with Crippen molar-refractivity contribution in [1.82, 2.24) is 24.8 Å². The Morgan fingerprint density at radius 2 is 1.84 bits per heavy atom. The SMILES string of the molecule is CCN1CCC(CC(=O)N2CCC[C@H](c3ccc(Nc4nc(C)cc(C)n4)cn3)C2)CC1. The first kappa shape index (κ1) is 22.6. The second kappa shape index (κ2) is 10.4. The van der Waals surface area contributed by atoms with Crippen molar-refractivity contribution in [2.75, 3.05) is 38.0 Å². The quantitative estimate of drug-likeness (QED) is 0.736. The van der Waals surface area contributed by atoms with Crippen LogP contribution in [0.3, 0.4) is 0 Å². The zero-order valence-electron chi connectivity index (χ0n) is 19.7. The largest absolute Gasteiger partial charge is 0.342 e. The van der Waals surface area contributed by atoms with E-state index in [2.05, 4.69) is 38.1 Å². The van der Waals surface area contributed by atoms with Crippen molar-refractivity contribution in [3.63, 3.8) is 0 Å². The molecule has 1 N–H and O–H groups in total. The monoisotopic (exact) mass is 436 g/mol. The third-order valence-electron chi connectivity index (χ3n) is 6.83. The van der Waals surface area contributed by atoms with Crippen LogP contribution in [0.4, 0.5) is 11.6 Å². The lowest BCUT2D eigenvalue weighted by atomic mass is 9.91. The van der Waals surface area contributed by atoms with E-state index in [0.717, 1.165) is 81.2 Å². The maximum atomic E-state index is 13.0. The van der Waals surface area contributed by atoms with Gasteiger partial charge in [0.2, 0.25) is 11.9 Å². The Bertz CT molecular complexity index is 887. The summed E-state index contributed by atoms with van der Waals surface area (Å²) in [4.78, 5) is 31.1. The van der Waals surface area contributed by atoms with Crippen molar-refractivity contribution in [2.45, 2.75) is 58.8 Å². The van der Waals surface area contributed by atoms with E-state index >= 15 is 0 Å². The highest BCUT2D eigenvalue weighted by Crippen LogP contribution is 2.28. The highest BCUT2D eigenvalue weighted by Gasteiger charge is 2.28. The van der Waals surface area contributed by atoms with Gasteiger partial charge in [0.15, 0.2) is 0 Å². The zero-order chi connectivity index (χ0) is 22.5. The molecule has 7 nitrogen and oxygen atoms in total. The summed E-state index contributed by atoms with van der Waals surface area (Å²) in [5.41, 5.74) is 3.81. The molecule has 2 aromatic rings. The molecule has 1 amide bonds. The molecule has 0 aromatic carbocycles. The number of likely N-dealkylation sites (tertiary alicyclic amines) is 2. The van der Waals surface area contributed by atoms with Gasteiger partial charge in [0.25, 0.3) is 0 Å². The summed E-state index contributed by atoms with van der Waals surface area (Å²) in [5, 5.41) is 3.24. The van der Waals surface area contributed by atoms with Gasteiger partial charge in [-0.25, -0.2) is 9.97 Å². The number of carbonyl (C=O) groups is 1. The van der Waals surface area contributed by atoms with Crippen LogP contribution in [-0.2, 0) is 4.79 Å². The highest BCUT2D eigenvalue weighted by molar-refractivity contribution is 5.76. The molecule has 0 saturated carbocycles. The molecule has 0 aliphatic carbocycles. The first-order valence-electron chi connectivity index (χ1n) is 12.1. The summed E-state index contributed by atoms with van der Waals surface area (Å²) >= 11 is 0. The van der Waals surface area contributed by atoms with Crippen LogP contribution in [0.25, 0.3) is 0 Å². The lowest BCUT2D eigenvalue weighted by Crippen LogP contribution is -2.41. The molecular weight excluding hydrogens is 400 g/mol. The van der Waals surface area contributed by atoms with Crippen LogP contribution in [0.2, 0.25) is 0 Å². The first-order chi connectivity index (χ1) is 15.5. The van der Waals surface area contributed by atoms with Crippen LogP contribution in [0, 0.1) is 19.8 Å². The van der Waals surface area contributed by atoms with Gasteiger partial charge in [-0.2, -0.15) is 0 Å². The number of hydrogen-bond donors (Lipinski definition) is 1. The van der Waals surface area contributed by atoms with Crippen LogP contribution in [0.5, 0.6) is 0 Å². The van der Waals surface area contributed by atoms with E-state index < -0.39 is 0 Å². The predicted octanol–water partition coefficient (Wildman–Crippen LogP) is 4.06. The lowest BCUT2D eigenvalue weighted by Gasteiger charge is -2.35. The molecule has 32 heavy (non-hydrogen) atoms. The molecule has 7 heteroatoms. The van der Waals surface area contributed by atoms with Gasteiger partial charge in [0.05, 0.1) is 11.9 Å². The van der Waals surface area contributed by atoms with E-state index in [1.807, 2.05) is 32.2 Å². The second-order valence-corrected chi connectivity index (χ2v) is 9.33. The molecule has 2 fully saturated rings. The fraction of sp³-hybridized carbons (Fsp3) is 0.600. The molecular formula is C25H36N6O. The van der Waals surface area contributed by atoms with Crippen molar-refractivity contribution >= 4 is 17.5 Å². The van der Waals surface area contributed by atoms with Crippen molar-refractivity contribution in [1.29, 1.82) is 0 Å². The van der Waals surface area contributed by atoms with Gasteiger partial charge in [0, 0.05) is 42.5 Å². The number of pyridine rings is 1. The number of aryl methyl sites for hydroxylation is 2. The molecule has 172 valence electrons. The average molecular weight is 437 g/mol. The summed E-state index contributed by atoms with van der Waals surface area (Å²) in [6.07, 6.45) is 6.98. The number of piperidine rings is 2. The first-order valence-corrected chi connectivity index (χ1v) is 12.1. The topological polar surface area (TPSA) is 74.2 Å². The third-order valence-corrected chi connectivity index (χ3v) is 6.83. The summed E-state index contributed by atoms with van der Waals surface area (Å²) in [7, 11) is 0. The van der Waals surface area contributed by atoms with Crippen molar-refractivity contribution in [3.8, 4) is 0 Å². The summed E-state index contributed by atoms with van der Waals surface area (Å²) in [6, 6.07) is 6.06. The lowest BCUT2D eigenvalue weighted by molar-refractivity contribution is -0.133. The van der Waals surface area contributed by atoms with Gasteiger partial charge in [0.1, 0.15) is 0 Å². The Labute approximate surface area is 191 Å². The molecule has 0 unspecified atom stereocenters. The van der Waals surface area contributed by atoms with Crippen LogP contribution in [0.1, 0.15) is 62.0 Å². The number of amides is 1. The molecule has 2 aliphatic heterocycles. The molecule has 2 aliphatic rings. The predicted molar refractivity (Wildman–Crippen MR) is 127 cm³/mol. The van der Waals surface area contributed by atoms with E-state index in [1.54, 1.807) is 0 Å². The molecule has 2 aromatic heterocycles. The minimum Gasteiger partial charge on any atom is -0.342 e. The number of anilines is 2. The van der Waals surface area contributed by atoms with Gasteiger partial charge in [-0.1, -0.05) is 6.92 Å². The Hall–Kier alpha value is -2.54. The number of carbonyl (C=O) groups excluding carboxylic acids is 1. The Kier molecular flexibility index (Phi) is 7.35. The Morgan fingerprint density at radius 1 is 1.09 bits per heavy atom. The molecule has 4 rings (SSSR count). The summed E-state index contributed by atoms with van der Waals surface area (Å²) < 4.78 is 0. The minimum atomic E-state index is 0.307. The second-order valence-electron chi connectivity index (χ2n) is 9.33. The van der Waals surface area contributed by atoms with Crippen molar-refractivity contribution < 1.29 is 4.79 Å². The van der Waals surface area contributed by atoms with E-state index in [4.69, 9.17) is 4.98 Å². The van der Waals surface area contributed by atoms with E-state index in [0.29, 0.717) is 30.1 Å². The highest BCUT2D eigenvalue weighted by atomic mass is 16.2. The van der Waals surface area contributed by atoms with Gasteiger partial charge >= 0.3 is 0 Å². The van der Waals surface area contributed by atoms with Crippen LogP contribution >= 0.6 is 0 Å². The average Bonchev–Trinajstić information content (AvgIpc) is 2.79. The molecule has 0 spiro atoms. The van der Waals surface area contributed by atoms with Crippen molar-refractivity contribution in [3.05, 3.63) is 41.5 Å². The molecule has 1 atom stereocenters. The number of nitrogens with one attached hydrogen (secondary N) is 1. The number of nitrogens with zero attached hydrogens (tertiary/aromatic N) is 5. The third kappa shape index (κ3) is 5.82. The van der Waals surface area contributed by atoms with Gasteiger partial charge in [-0.15, -0.1) is 0 Å². The molecule has 0 radical (unpaired) electrons. The number of hydrogen-bond acceptors (Lipinski definition) is 6. The maximum Gasteiger partial charge on any atom is 0.227 e. The van der Waals surface area contributed by atoms with Crippen LogP contribution < -0.4 is 5.32 Å². The summed E-state index contributed by atoms with van der Waals surface area (Å²) in [5.74, 6) is 1.77. The Morgan fingerprint density at radius 3 is 2.50 bits per heavy atom. The molecule has 0 bridgehead atoms. The molecule has 2 saturated heterocycles. The fourth-order valence-corrected chi connectivity index (χ4v) is 4.96. The number of rotatable bonds is 6. The van der Waals surface area contributed by atoms with Gasteiger partial charge in [-0.3, -0.25) is 9.78 Å². The number of aromatic nitrogens is 3. The van der Waals surface area contributed by atoms with Crippen LogP contribution in [-0.4, -0.2) is 63.4 Å². The summed E-state index contributed by atoms with van der Waals surface area (Å²) in [6.45, 7) is 11.2. The van der Waals surface area contributed by atoms with Gasteiger partial charge in [-0.05, 0) is 83.3 Å². The maximum absolute atomic E-state index is 13.0. The normalized spacial score (nSPS) is 20.3. The molecule has 4 heterocycles. The standard InChI is InChI=1S/C25H36N6O/c1-4-30-12-9-20(10-13-30)15-24(32)31-11-5-6-21(17-31)23-8-7-22(16-26-23)29-25-27-18(2)14-19(3)28-25/h7-8,14,16,20-21H,4-6,9-13,15,17H2,1-3H3,(H,27,28,29)/t21-/m0/s1. The van der Waals surface area contributed by atoms with E-state index in [9.17, 15) is 4.79 Å².